The predicted octanol–water partition coefficient (Wildman–Crippen LogP) is 3.00. The van der Waals surface area contributed by atoms with Crippen LogP contribution in [0.5, 0.6) is 0 Å². The zero-order valence-electron chi connectivity index (χ0n) is 9.40. The van der Waals surface area contributed by atoms with Crippen molar-refractivity contribution in [3.8, 4) is 6.07 Å². The second-order valence-corrected chi connectivity index (χ2v) is 8.54. The van der Waals surface area contributed by atoms with Crippen LogP contribution in [-0.2, 0) is 0 Å². The molecule has 0 amide bonds. The van der Waals surface area contributed by atoms with Crippen LogP contribution in [0, 0.1) is 11.3 Å². The Balaban J connectivity index is 2.68. The third-order valence-corrected chi connectivity index (χ3v) is 5.37. The summed E-state index contributed by atoms with van der Waals surface area (Å²) in [6.45, 7) is 4.65. The fraction of sp³-hybridized carbons (Fsp3) is 0.308. The smallest absolute Gasteiger partial charge is 0.103 e. The van der Waals surface area contributed by atoms with Crippen LogP contribution in [0.25, 0.3) is 0 Å². The van der Waals surface area contributed by atoms with Gasteiger partial charge >= 0.3 is 0 Å². The number of unbranched alkanes of at least 4 members (excludes halogenated alkanes) is 1. The number of allylic oxidation sites excluding steroid dienone is 1. The number of hydrogen-bond acceptors (Lipinski definition) is 1. The molecule has 1 aromatic rings. The highest BCUT2D eigenvalue weighted by molar-refractivity contribution is 6.93. The molecule has 0 saturated carbocycles. The molecule has 0 radical (unpaired) electrons. The molecule has 0 aliphatic carbocycles. The SMILES string of the molecule is C[Si](C)(/C=C/CCC#N)c1ccccc1. The van der Waals surface area contributed by atoms with Gasteiger partial charge in [-0.15, -0.1) is 0 Å². The fourth-order valence-corrected chi connectivity index (χ4v) is 3.49. The number of nitrogens with zero attached hydrogens (tertiary/aromatic N) is 1. The molecular weight excluding hydrogens is 198 g/mol. The van der Waals surface area contributed by atoms with Gasteiger partial charge in [-0.3, -0.25) is 0 Å². The maximum Gasteiger partial charge on any atom is 0.103 e. The van der Waals surface area contributed by atoms with Gasteiger partial charge in [0.15, 0.2) is 0 Å². The van der Waals surface area contributed by atoms with Gasteiger partial charge in [-0.25, -0.2) is 0 Å². The Hall–Kier alpha value is -1.33. The largest absolute Gasteiger partial charge is 0.198 e. The van der Waals surface area contributed by atoms with Gasteiger partial charge in [-0.05, 0) is 6.42 Å². The third kappa shape index (κ3) is 3.73. The molecule has 0 aliphatic heterocycles. The molecule has 0 aromatic heterocycles. The highest BCUT2D eigenvalue weighted by Crippen LogP contribution is 2.06. The molecule has 0 saturated heterocycles. The van der Waals surface area contributed by atoms with Gasteiger partial charge in [0, 0.05) is 6.42 Å². The van der Waals surface area contributed by atoms with Crippen LogP contribution in [0.4, 0.5) is 0 Å². The number of rotatable bonds is 4. The van der Waals surface area contributed by atoms with Crippen LogP contribution >= 0.6 is 0 Å². The van der Waals surface area contributed by atoms with Gasteiger partial charge in [0.1, 0.15) is 8.07 Å². The van der Waals surface area contributed by atoms with Crippen LogP contribution in [0.2, 0.25) is 13.1 Å². The minimum absolute atomic E-state index is 0.621. The van der Waals surface area contributed by atoms with E-state index in [1.165, 1.54) is 5.19 Å². The molecule has 0 N–H and O–H groups in total. The molecule has 78 valence electrons. The second-order valence-electron chi connectivity index (χ2n) is 4.19. The van der Waals surface area contributed by atoms with E-state index in [4.69, 9.17) is 5.26 Å². The van der Waals surface area contributed by atoms with Crippen molar-refractivity contribution in [1.29, 1.82) is 5.26 Å². The Kier molecular flexibility index (Phi) is 4.32. The van der Waals surface area contributed by atoms with E-state index >= 15 is 0 Å². The molecule has 1 nitrogen and oxygen atoms in total. The van der Waals surface area contributed by atoms with Crippen LogP contribution < -0.4 is 5.19 Å². The lowest BCUT2D eigenvalue weighted by Crippen LogP contribution is -2.39. The second kappa shape index (κ2) is 5.52. The average Bonchev–Trinajstić information content (AvgIpc) is 2.26. The third-order valence-electron chi connectivity index (χ3n) is 2.48. The number of nitriles is 1. The molecule has 0 aliphatic rings. The summed E-state index contributed by atoms with van der Waals surface area (Å²) in [5, 5.41) is 9.88. The maximum atomic E-state index is 8.44. The highest BCUT2D eigenvalue weighted by atomic mass is 28.3. The highest BCUT2D eigenvalue weighted by Gasteiger charge is 2.18. The predicted molar refractivity (Wildman–Crippen MR) is 67.5 cm³/mol. The molecule has 0 atom stereocenters. The number of hydrogen-bond donors (Lipinski definition) is 0. The first-order valence-corrected chi connectivity index (χ1v) is 8.35. The topological polar surface area (TPSA) is 23.8 Å². The maximum absolute atomic E-state index is 8.44. The molecule has 0 bridgehead atoms. The van der Waals surface area contributed by atoms with Gasteiger partial charge in [-0.2, -0.15) is 5.26 Å². The van der Waals surface area contributed by atoms with Crippen molar-refractivity contribution in [3.63, 3.8) is 0 Å². The lowest BCUT2D eigenvalue weighted by atomic mass is 10.3. The van der Waals surface area contributed by atoms with Crippen LogP contribution in [0.1, 0.15) is 12.8 Å². The van der Waals surface area contributed by atoms with Crippen LogP contribution in [-0.4, -0.2) is 8.07 Å². The first-order valence-electron chi connectivity index (χ1n) is 5.27. The van der Waals surface area contributed by atoms with Crippen molar-refractivity contribution in [3.05, 3.63) is 42.1 Å². The lowest BCUT2D eigenvalue weighted by Gasteiger charge is -2.17. The summed E-state index contributed by atoms with van der Waals surface area (Å²) in [7, 11) is -1.42. The Morgan fingerprint density at radius 2 is 1.93 bits per heavy atom. The standard InChI is InChI=1S/C13H17NSi/c1-15(2,12-8-4-7-11-14)13-9-5-3-6-10-13/h3,5-6,8-10,12H,4,7H2,1-2H3/b12-8+. The molecule has 2 heteroatoms. The summed E-state index contributed by atoms with van der Waals surface area (Å²) in [4.78, 5) is 0. The fourth-order valence-electron chi connectivity index (χ4n) is 1.49. The van der Waals surface area contributed by atoms with E-state index < -0.39 is 8.07 Å². The summed E-state index contributed by atoms with van der Waals surface area (Å²) in [6, 6.07) is 12.8. The van der Waals surface area contributed by atoms with Crippen molar-refractivity contribution < 1.29 is 0 Å². The van der Waals surface area contributed by atoms with Gasteiger partial charge < -0.3 is 0 Å². The first-order chi connectivity index (χ1) is 7.17. The van der Waals surface area contributed by atoms with Gasteiger partial charge in [0.05, 0.1) is 6.07 Å². The van der Waals surface area contributed by atoms with Gasteiger partial charge in [0.25, 0.3) is 0 Å². The van der Waals surface area contributed by atoms with E-state index in [0.29, 0.717) is 6.42 Å². The summed E-state index contributed by atoms with van der Waals surface area (Å²) in [5.74, 6) is 0. The molecule has 1 aromatic carbocycles. The summed E-state index contributed by atoms with van der Waals surface area (Å²) < 4.78 is 0. The van der Waals surface area contributed by atoms with Crippen molar-refractivity contribution in [2.45, 2.75) is 25.9 Å². The normalized spacial score (nSPS) is 11.5. The van der Waals surface area contributed by atoms with Crippen molar-refractivity contribution in [2.75, 3.05) is 0 Å². The van der Waals surface area contributed by atoms with E-state index in [9.17, 15) is 0 Å². The molecule has 0 unspecified atom stereocenters. The zero-order valence-corrected chi connectivity index (χ0v) is 10.4. The first kappa shape index (κ1) is 11.7. The Labute approximate surface area is 93.1 Å². The van der Waals surface area contributed by atoms with Crippen molar-refractivity contribution in [1.82, 2.24) is 0 Å². The van der Waals surface area contributed by atoms with E-state index in [0.717, 1.165) is 6.42 Å². The summed E-state index contributed by atoms with van der Waals surface area (Å²) >= 11 is 0. The van der Waals surface area contributed by atoms with Gasteiger partial charge in [0.2, 0.25) is 0 Å². The zero-order chi connectivity index (χ0) is 11.1. The Morgan fingerprint density at radius 3 is 2.53 bits per heavy atom. The molecule has 15 heavy (non-hydrogen) atoms. The Bertz CT molecular complexity index is 360. The summed E-state index contributed by atoms with van der Waals surface area (Å²) in [6.07, 6.45) is 3.65. The van der Waals surface area contributed by atoms with Gasteiger partial charge in [-0.1, -0.05) is 60.4 Å². The van der Waals surface area contributed by atoms with E-state index in [2.05, 4.69) is 55.2 Å². The van der Waals surface area contributed by atoms with Crippen molar-refractivity contribution in [2.24, 2.45) is 0 Å². The minimum Gasteiger partial charge on any atom is -0.198 e. The molecule has 1 rings (SSSR count). The molecule has 0 spiro atoms. The van der Waals surface area contributed by atoms with E-state index in [1.54, 1.807) is 0 Å². The quantitative estimate of drug-likeness (QED) is 0.559. The van der Waals surface area contributed by atoms with E-state index in [-0.39, 0.29) is 0 Å². The van der Waals surface area contributed by atoms with Crippen LogP contribution in [0.15, 0.2) is 42.1 Å². The lowest BCUT2D eigenvalue weighted by molar-refractivity contribution is 1.06. The van der Waals surface area contributed by atoms with Crippen LogP contribution in [0.3, 0.4) is 0 Å². The monoisotopic (exact) mass is 215 g/mol. The number of benzene rings is 1. The molecular formula is C13H17NSi. The summed E-state index contributed by atoms with van der Waals surface area (Å²) in [5.41, 5.74) is 2.32. The van der Waals surface area contributed by atoms with Crippen molar-refractivity contribution >= 4 is 13.3 Å². The van der Waals surface area contributed by atoms with E-state index in [1.807, 2.05) is 6.07 Å². The molecule has 0 fully saturated rings. The average molecular weight is 215 g/mol. The minimum atomic E-state index is -1.42. The molecule has 0 heterocycles. The Morgan fingerprint density at radius 1 is 1.27 bits per heavy atom.